The van der Waals surface area contributed by atoms with Gasteiger partial charge < -0.3 is 9.32 Å². The molecule has 170 valence electrons. The normalized spacial score (nSPS) is 11.3. The van der Waals surface area contributed by atoms with Crippen molar-refractivity contribution in [2.24, 2.45) is 0 Å². The number of hydrogen-bond acceptors (Lipinski definition) is 3. The Bertz CT molecular complexity index is 1730. The third-order valence-corrected chi connectivity index (χ3v) is 6.65. The van der Waals surface area contributed by atoms with Crippen LogP contribution in [0.1, 0.15) is 0 Å². The fourth-order valence-electron chi connectivity index (χ4n) is 5.03. The van der Waals surface area contributed by atoms with E-state index in [4.69, 9.17) is 9.40 Å². The fourth-order valence-corrected chi connectivity index (χ4v) is 5.03. The van der Waals surface area contributed by atoms with Crippen molar-refractivity contribution in [2.45, 2.75) is 0 Å². The van der Waals surface area contributed by atoms with Crippen LogP contribution in [0.25, 0.3) is 44.1 Å². The first kappa shape index (κ1) is 20.5. The summed E-state index contributed by atoms with van der Waals surface area (Å²) in [6, 6.07) is 46.0. The Kier molecular flexibility index (Phi) is 4.78. The lowest BCUT2D eigenvalue weighted by Crippen LogP contribution is -2.09. The van der Waals surface area contributed by atoms with E-state index in [1.165, 1.54) is 10.8 Å². The second-order valence-corrected chi connectivity index (χ2v) is 8.84. The number of fused-ring (bicyclic) bond motifs is 6. The maximum Gasteiger partial charge on any atom is 0.227 e. The smallest absolute Gasteiger partial charge is 0.227 e. The first-order valence-corrected chi connectivity index (χ1v) is 12.1. The summed E-state index contributed by atoms with van der Waals surface area (Å²) in [5, 5.41) is 4.55. The highest BCUT2D eigenvalue weighted by molar-refractivity contribution is 6.22. The minimum absolute atomic E-state index is 0.620. The number of rotatable bonds is 4. The lowest BCUT2D eigenvalue weighted by atomic mass is 10.0. The third-order valence-electron chi connectivity index (χ3n) is 6.65. The second kappa shape index (κ2) is 8.40. The van der Waals surface area contributed by atoms with E-state index in [0.717, 1.165) is 44.5 Å². The van der Waals surface area contributed by atoms with E-state index in [9.17, 15) is 0 Å². The van der Waals surface area contributed by atoms with Gasteiger partial charge in [-0.25, -0.2) is 4.98 Å². The minimum atomic E-state index is 0.620. The van der Waals surface area contributed by atoms with Crippen molar-refractivity contribution in [3.63, 3.8) is 0 Å². The van der Waals surface area contributed by atoms with Crippen LogP contribution in [0.5, 0.6) is 0 Å². The Labute approximate surface area is 208 Å². The number of para-hydroxylation sites is 2. The number of benzene rings is 6. The maximum atomic E-state index is 6.49. The monoisotopic (exact) mass is 462 g/mol. The molecular weight excluding hydrogens is 440 g/mol. The number of anilines is 3. The molecule has 1 aromatic heterocycles. The lowest BCUT2D eigenvalue weighted by molar-refractivity contribution is 0.623. The number of oxazole rings is 1. The van der Waals surface area contributed by atoms with Crippen LogP contribution in [0.4, 0.5) is 17.1 Å². The molecule has 3 nitrogen and oxygen atoms in total. The average Bonchev–Trinajstić information content (AvgIpc) is 3.41. The van der Waals surface area contributed by atoms with Gasteiger partial charge in [0.05, 0.1) is 0 Å². The first-order valence-electron chi connectivity index (χ1n) is 12.1. The molecule has 0 N–H and O–H groups in total. The predicted octanol–water partition coefficient (Wildman–Crippen LogP) is 9.27. The van der Waals surface area contributed by atoms with Gasteiger partial charge in [-0.3, -0.25) is 0 Å². The van der Waals surface area contributed by atoms with Crippen molar-refractivity contribution in [2.75, 3.05) is 4.90 Å². The van der Waals surface area contributed by atoms with Crippen molar-refractivity contribution in [1.29, 1.82) is 0 Å². The molecular formula is C33H22N2O. The Hall–Kier alpha value is -4.89. The van der Waals surface area contributed by atoms with Crippen LogP contribution in [-0.2, 0) is 0 Å². The highest BCUT2D eigenvalue weighted by Gasteiger charge is 2.18. The van der Waals surface area contributed by atoms with Gasteiger partial charge in [0.1, 0.15) is 5.52 Å². The average molecular weight is 463 g/mol. The van der Waals surface area contributed by atoms with Gasteiger partial charge >= 0.3 is 0 Å². The molecule has 0 unspecified atom stereocenters. The molecule has 36 heavy (non-hydrogen) atoms. The summed E-state index contributed by atoms with van der Waals surface area (Å²) >= 11 is 0. The number of nitrogens with zero attached hydrogens (tertiary/aromatic N) is 2. The first-order chi connectivity index (χ1) is 17.9. The zero-order valence-corrected chi connectivity index (χ0v) is 19.5. The van der Waals surface area contributed by atoms with Crippen LogP contribution >= 0.6 is 0 Å². The van der Waals surface area contributed by atoms with Gasteiger partial charge in [0.25, 0.3) is 0 Å². The molecule has 0 fully saturated rings. The molecule has 0 aliphatic heterocycles. The van der Waals surface area contributed by atoms with E-state index in [0.29, 0.717) is 5.89 Å². The summed E-state index contributed by atoms with van der Waals surface area (Å²) in [5.74, 6) is 0.620. The highest BCUT2D eigenvalue weighted by Crippen LogP contribution is 2.39. The third kappa shape index (κ3) is 3.33. The molecule has 7 aromatic rings. The Morgan fingerprint density at radius 2 is 1.00 bits per heavy atom. The topological polar surface area (TPSA) is 29.3 Å². The molecule has 0 saturated carbocycles. The van der Waals surface area contributed by atoms with Crippen molar-refractivity contribution < 1.29 is 4.42 Å². The summed E-state index contributed by atoms with van der Waals surface area (Å²) in [6.45, 7) is 0. The molecule has 0 radical (unpaired) electrons. The minimum Gasteiger partial charge on any atom is -0.435 e. The zero-order valence-electron chi connectivity index (χ0n) is 19.5. The van der Waals surface area contributed by atoms with E-state index in [1.807, 2.05) is 12.1 Å². The van der Waals surface area contributed by atoms with E-state index in [2.05, 4.69) is 126 Å². The Morgan fingerprint density at radius 3 is 1.67 bits per heavy atom. The molecule has 6 aromatic carbocycles. The van der Waals surface area contributed by atoms with Gasteiger partial charge in [0, 0.05) is 33.4 Å². The Balaban J connectivity index is 1.43. The zero-order chi connectivity index (χ0) is 23.9. The van der Waals surface area contributed by atoms with Crippen molar-refractivity contribution >= 4 is 49.7 Å². The predicted molar refractivity (Wildman–Crippen MR) is 149 cm³/mol. The van der Waals surface area contributed by atoms with E-state index in [1.54, 1.807) is 0 Å². The van der Waals surface area contributed by atoms with Crippen LogP contribution in [0.15, 0.2) is 138 Å². The molecule has 0 saturated heterocycles. The molecule has 3 heteroatoms. The maximum absolute atomic E-state index is 6.49. The van der Waals surface area contributed by atoms with E-state index >= 15 is 0 Å². The number of aromatic nitrogens is 1. The molecule has 0 aliphatic rings. The van der Waals surface area contributed by atoms with Crippen LogP contribution in [0, 0.1) is 0 Å². The van der Waals surface area contributed by atoms with Crippen molar-refractivity contribution in [3.8, 4) is 11.5 Å². The summed E-state index contributed by atoms with van der Waals surface area (Å²) in [6.07, 6.45) is 0. The summed E-state index contributed by atoms with van der Waals surface area (Å²) in [4.78, 5) is 7.27. The van der Waals surface area contributed by atoms with Crippen molar-refractivity contribution in [1.82, 2.24) is 4.98 Å². The van der Waals surface area contributed by atoms with Crippen LogP contribution in [0.3, 0.4) is 0 Å². The lowest BCUT2D eigenvalue weighted by Gasteiger charge is -2.25. The van der Waals surface area contributed by atoms with E-state index < -0.39 is 0 Å². The SMILES string of the molecule is c1ccc(N(c2ccccc2)c2cccc(-c3nc4c5ccccc5c5ccccc5c4o3)c2)cc1. The van der Waals surface area contributed by atoms with Crippen molar-refractivity contribution in [3.05, 3.63) is 133 Å². The molecule has 0 bridgehead atoms. The molecule has 0 spiro atoms. The van der Waals surface area contributed by atoms with Crippen LogP contribution in [0.2, 0.25) is 0 Å². The molecule has 0 aliphatic carbocycles. The Morgan fingerprint density at radius 1 is 0.472 bits per heavy atom. The van der Waals surface area contributed by atoms with Gasteiger partial charge in [-0.15, -0.1) is 0 Å². The van der Waals surface area contributed by atoms with Gasteiger partial charge in [-0.2, -0.15) is 0 Å². The second-order valence-electron chi connectivity index (χ2n) is 8.84. The molecule has 0 amide bonds. The largest absolute Gasteiger partial charge is 0.435 e. The highest BCUT2D eigenvalue weighted by atomic mass is 16.3. The van der Waals surface area contributed by atoms with Gasteiger partial charge in [0.15, 0.2) is 5.58 Å². The molecule has 1 heterocycles. The quantitative estimate of drug-likeness (QED) is 0.244. The van der Waals surface area contributed by atoms with Crippen LogP contribution in [-0.4, -0.2) is 4.98 Å². The van der Waals surface area contributed by atoms with E-state index in [-0.39, 0.29) is 0 Å². The van der Waals surface area contributed by atoms with Crippen LogP contribution < -0.4 is 4.90 Å². The summed E-state index contributed by atoms with van der Waals surface area (Å²) in [5.41, 5.74) is 5.89. The van der Waals surface area contributed by atoms with Gasteiger partial charge in [0.2, 0.25) is 5.89 Å². The van der Waals surface area contributed by atoms with Gasteiger partial charge in [-0.1, -0.05) is 91.0 Å². The molecule has 7 rings (SSSR count). The number of hydrogen-bond donors (Lipinski definition) is 0. The fraction of sp³-hybridized carbons (Fsp3) is 0. The summed E-state index contributed by atoms with van der Waals surface area (Å²) < 4.78 is 6.49. The summed E-state index contributed by atoms with van der Waals surface area (Å²) in [7, 11) is 0. The van der Waals surface area contributed by atoms with Gasteiger partial charge in [-0.05, 0) is 53.2 Å². The molecule has 0 atom stereocenters. The standard InChI is InChI=1S/C33H22N2O/c1-3-13-24(14-4-1)35(25-15-5-2-6-16-25)26-17-11-12-23(22-26)33-34-31-29-20-9-7-18-27(29)28-19-8-10-21-30(28)32(31)36-33/h1-22H.